The monoisotopic (exact) mass is 402 g/mol. The minimum Gasteiger partial charge on any atom is -0.346 e. The Morgan fingerprint density at radius 2 is 2.00 bits per heavy atom. The van der Waals surface area contributed by atoms with Crippen molar-refractivity contribution < 1.29 is 18.0 Å². The molecule has 0 radical (unpaired) electrons. The van der Waals surface area contributed by atoms with Crippen LogP contribution >= 0.6 is 11.8 Å². The number of thioether (sulfide) groups is 1. The number of carbonyl (C=O) groups is 1. The Bertz CT molecular complexity index is 852. The van der Waals surface area contributed by atoms with Crippen LogP contribution in [0, 0.1) is 0 Å². The van der Waals surface area contributed by atoms with Gasteiger partial charge in [0.15, 0.2) is 5.16 Å². The highest BCUT2D eigenvalue weighted by molar-refractivity contribution is 7.99. The average molecular weight is 402 g/mol. The quantitative estimate of drug-likeness (QED) is 0.541. The summed E-state index contributed by atoms with van der Waals surface area (Å²) in [6.07, 6.45) is -3.77. The van der Waals surface area contributed by atoms with Crippen molar-refractivity contribution in [2.45, 2.75) is 24.3 Å². The number of fused-ring (bicyclic) bond motifs is 1. The number of nitrogens with zero attached hydrogens (tertiary/aromatic N) is 3. The fourth-order valence-electron chi connectivity index (χ4n) is 2.38. The van der Waals surface area contributed by atoms with Gasteiger partial charge in [-0.3, -0.25) is 14.2 Å². The van der Waals surface area contributed by atoms with Crippen LogP contribution < -0.4 is 10.9 Å². The van der Waals surface area contributed by atoms with Gasteiger partial charge in [-0.15, -0.1) is 0 Å². The molecule has 10 heteroatoms. The summed E-state index contributed by atoms with van der Waals surface area (Å²) in [5, 5.41) is 2.60. The van der Waals surface area contributed by atoms with Gasteiger partial charge in [-0.1, -0.05) is 23.9 Å². The van der Waals surface area contributed by atoms with Crippen molar-refractivity contribution in [3.05, 3.63) is 34.6 Å². The molecule has 0 aliphatic rings. The number of para-hydroxylation sites is 1. The van der Waals surface area contributed by atoms with Crippen molar-refractivity contribution in [2.24, 2.45) is 0 Å². The molecule has 0 spiro atoms. The number of hydrogen-bond donors (Lipinski definition) is 1. The zero-order valence-corrected chi connectivity index (χ0v) is 15.9. The average Bonchev–Trinajstić information content (AvgIpc) is 2.59. The van der Waals surface area contributed by atoms with Gasteiger partial charge < -0.3 is 10.2 Å². The minimum atomic E-state index is -4.46. The molecule has 2 aromatic rings. The summed E-state index contributed by atoms with van der Waals surface area (Å²) in [7, 11) is 3.84. The fourth-order valence-corrected chi connectivity index (χ4v) is 3.24. The van der Waals surface area contributed by atoms with E-state index in [0.29, 0.717) is 29.0 Å². The van der Waals surface area contributed by atoms with Crippen molar-refractivity contribution in [1.29, 1.82) is 0 Å². The van der Waals surface area contributed by atoms with Gasteiger partial charge in [-0.2, -0.15) is 13.2 Å². The molecule has 6 nitrogen and oxygen atoms in total. The van der Waals surface area contributed by atoms with Gasteiger partial charge in [-0.25, -0.2) is 4.98 Å². The van der Waals surface area contributed by atoms with Crippen molar-refractivity contribution in [1.82, 2.24) is 19.8 Å². The van der Waals surface area contributed by atoms with Crippen LogP contribution in [0.3, 0.4) is 0 Å². The second kappa shape index (κ2) is 9.23. The van der Waals surface area contributed by atoms with Crippen LogP contribution in [0.5, 0.6) is 0 Å². The normalized spacial score (nSPS) is 11.9. The number of aromatic nitrogens is 2. The molecule has 0 fully saturated rings. The van der Waals surface area contributed by atoms with Crippen LogP contribution in [0.25, 0.3) is 10.9 Å². The Morgan fingerprint density at radius 1 is 1.30 bits per heavy atom. The number of hydrogen-bond acceptors (Lipinski definition) is 5. The first kappa shape index (κ1) is 21.2. The number of amides is 1. The van der Waals surface area contributed by atoms with E-state index in [-0.39, 0.29) is 11.3 Å². The van der Waals surface area contributed by atoms with E-state index in [1.165, 1.54) is 4.57 Å². The van der Waals surface area contributed by atoms with E-state index in [1.807, 2.05) is 24.3 Å². The van der Waals surface area contributed by atoms with Gasteiger partial charge in [0.2, 0.25) is 5.91 Å². The third-order valence-electron chi connectivity index (χ3n) is 3.63. The molecular weight excluding hydrogens is 381 g/mol. The number of carbonyl (C=O) groups excluding carboxylic acids is 1. The van der Waals surface area contributed by atoms with E-state index in [2.05, 4.69) is 4.98 Å². The lowest BCUT2D eigenvalue weighted by Crippen LogP contribution is -2.35. The second-order valence-corrected chi connectivity index (χ2v) is 7.15. The Labute approximate surface area is 158 Å². The first-order chi connectivity index (χ1) is 12.7. The molecule has 27 heavy (non-hydrogen) atoms. The maximum Gasteiger partial charge on any atom is 0.405 e. The van der Waals surface area contributed by atoms with E-state index in [9.17, 15) is 22.8 Å². The third kappa shape index (κ3) is 6.55. The van der Waals surface area contributed by atoms with Gasteiger partial charge >= 0.3 is 6.18 Å². The summed E-state index contributed by atoms with van der Waals surface area (Å²) in [6.45, 7) is -0.218. The molecule has 1 N–H and O–H groups in total. The molecule has 0 saturated heterocycles. The summed E-state index contributed by atoms with van der Waals surface area (Å²) in [5.74, 6) is -1.02. The molecule has 0 bridgehead atoms. The highest BCUT2D eigenvalue weighted by atomic mass is 32.2. The molecule has 1 heterocycles. The van der Waals surface area contributed by atoms with Crippen molar-refractivity contribution in [3.8, 4) is 0 Å². The number of rotatable bonds is 8. The molecule has 1 amide bonds. The summed E-state index contributed by atoms with van der Waals surface area (Å²) < 4.78 is 38.1. The lowest BCUT2D eigenvalue weighted by atomic mass is 10.2. The predicted molar refractivity (Wildman–Crippen MR) is 99.0 cm³/mol. The third-order valence-corrected chi connectivity index (χ3v) is 4.61. The summed E-state index contributed by atoms with van der Waals surface area (Å²) in [6, 6.07) is 6.86. The summed E-state index contributed by atoms with van der Waals surface area (Å²) in [4.78, 5) is 30.9. The maximum atomic E-state index is 12.8. The molecular formula is C17H21F3N4O2S. The number of nitrogens with one attached hydrogen (secondary N) is 1. The molecule has 1 aromatic carbocycles. The van der Waals surface area contributed by atoms with Crippen molar-refractivity contribution in [2.75, 3.05) is 32.9 Å². The van der Waals surface area contributed by atoms with Crippen LogP contribution in [0.15, 0.2) is 34.2 Å². The molecule has 2 rings (SSSR count). The van der Waals surface area contributed by atoms with E-state index in [4.69, 9.17) is 0 Å². The van der Waals surface area contributed by atoms with Crippen LogP contribution in [0.1, 0.15) is 6.42 Å². The molecule has 148 valence electrons. The van der Waals surface area contributed by atoms with Crippen LogP contribution in [-0.2, 0) is 11.3 Å². The molecule has 0 atom stereocenters. The Balaban J connectivity index is 2.19. The molecule has 0 unspecified atom stereocenters. The van der Waals surface area contributed by atoms with E-state index >= 15 is 0 Å². The van der Waals surface area contributed by atoms with E-state index < -0.39 is 18.6 Å². The Kier molecular flexibility index (Phi) is 7.25. The van der Waals surface area contributed by atoms with Crippen LogP contribution in [-0.4, -0.2) is 59.5 Å². The lowest BCUT2D eigenvalue weighted by molar-refractivity contribution is -0.136. The topological polar surface area (TPSA) is 67.2 Å². The highest BCUT2D eigenvalue weighted by Crippen LogP contribution is 2.18. The zero-order chi connectivity index (χ0) is 20.0. The molecule has 0 aliphatic carbocycles. The summed E-state index contributed by atoms with van der Waals surface area (Å²) in [5.41, 5.74) is 0.266. The summed E-state index contributed by atoms with van der Waals surface area (Å²) >= 11 is 0.952. The largest absolute Gasteiger partial charge is 0.405 e. The van der Waals surface area contributed by atoms with E-state index in [1.54, 1.807) is 24.3 Å². The van der Waals surface area contributed by atoms with Crippen LogP contribution in [0.4, 0.5) is 13.2 Å². The van der Waals surface area contributed by atoms with E-state index in [0.717, 1.165) is 18.3 Å². The second-order valence-electron chi connectivity index (χ2n) is 6.21. The molecule has 0 saturated carbocycles. The number of benzene rings is 1. The standard InChI is InChI=1S/C17H21F3N4O2S/c1-23(2)8-5-9-24-15(26)12-6-3-4-7-13(12)22-16(24)27-10-14(25)21-11-17(18,19)20/h3-4,6-7H,5,8-11H2,1-2H3,(H,21,25). The number of halogens is 3. The van der Waals surface area contributed by atoms with Crippen LogP contribution in [0.2, 0.25) is 0 Å². The van der Waals surface area contributed by atoms with Gasteiger partial charge in [-0.05, 0) is 39.2 Å². The molecule has 1 aromatic heterocycles. The minimum absolute atomic E-state index is 0.224. The number of alkyl halides is 3. The van der Waals surface area contributed by atoms with Gasteiger partial charge in [0.25, 0.3) is 5.56 Å². The Hall–Kier alpha value is -2.07. The SMILES string of the molecule is CN(C)CCCn1c(SCC(=O)NCC(F)(F)F)nc2ccccc2c1=O. The molecule has 0 aliphatic heterocycles. The van der Waals surface area contributed by atoms with Gasteiger partial charge in [0.1, 0.15) is 6.54 Å². The van der Waals surface area contributed by atoms with Gasteiger partial charge in [0.05, 0.1) is 16.7 Å². The lowest BCUT2D eigenvalue weighted by Gasteiger charge is -2.15. The van der Waals surface area contributed by atoms with Crippen molar-refractivity contribution in [3.63, 3.8) is 0 Å². The smallest absolute Gasteiger partial charge is 0.346 e. The fraction of sp³-hybridized carbons (Fsp3) is 0.471. The maximum absolute atomic E-state index is 12.8. The van der Waals surface area contributed by atoms with Gasteiger partial charge in [0, 0.05) is 6.54 Å². The highest BCUT2D eigenvalue weighted by Gasteiger charge is 2.27. The first-order valence-electron chi connectivity index (χ1n) is 8.28. The Morgan fingerprint density at radius 3 is 2.67 bits per heavy atom. The zero-order valence-electron chi connectivity index (χ0n) is 15.0. The predicted octanol–water partition coefficient (Wildman–Crippen LogP) is 2.12. The van der Waals surface area contributed by atoms with Crippen molar-refractivity contribution >= 4 is 28.6 Å². The first-order valence-corrected chi connectivity index (χ1v) is 9.26.